The fourth-order valence-electron chi connectivity index (χ4n) is 1.77. The summed E-state index contributed by atoms with van der Waals surface area (Å²) in [6.07, 6.45) is 0.897. The Morgan fingerprint density at radius 1 is 1.33 bits per heavy atom. The fourth-order valence-corrected chi connectivity index (χ4v) is 2.91. The zero-order valence-corrected chi connectivity index (χ0v) is 12.4. The van der Waals surface area contributed by atoms with E-state index in [1.54, 1.807) is 18.4 Å². The maximum atomic E-state index is 12.0. The molecule has 1 heterocycles. The van der Waals surface area contributed by atoms with E-state index >= 15 is 0 Å². The SMILES string of the molecule is COc1ccc(Br)cc1CC(=O)Cc1cccs1. The third kappa shape index (κ3) is 3.43. The number of ether oxygens (including phenoxy) is 1. The van der Waals surface area contributed by atoms with Crippen molar-refractivity contribution >= 4 is 33.0 Å². The summed E-state index contributed by atoms with van der Waals surface area (Å²) in [6, 6.07) is 9.67. The number of Topliss-reactive ketones (excluding diaryl/α,β-unsaturated/α-hetero) is 1. The van der Waals surface area contributed by atoms with Crippen LogP contribution in [-0.2, 0) is 17.6 Å². The van der Waals surface area contributed by atoms with Crippen LogP contribution < -0.4 is 4.74 Å². The summed E-state index contributed by atoms with van der Waals surface area (Å²) in [5.74, 6) is 0.964. The Balaban J connectivity index is 2.08. The Bertz CT molecular complexity index is 535. The highest BCUT2D eigenvalue weighted by molar-refractivity contribution is 9.10. The zero-order valence-electron chi connectivity index (χ0n) is 9.98. The number of hydrogen-bond donors (Lipinski definition) is 0. The van der Waals surface area contributed by atoms with Crippen LogP contribution in [0, 0.1) is 0 Å². The topological polar surface area (TPSA) is 26.3 Å². The van der Waals surface area contributed by atoms with Gasteiger partial charge in [0, 0.05) is 27.8 Å². The molecule has 0 bridgehead atoms. The van der Waals surface area contributed by atoms with E-state index in [-0.39, 0.29) is 5.78 Å². The number of thiophene rings is 1. The van der Waals surface area contributed by atoms with Crippen molar-refractivity contribution in [2.45, 2.75) is 12.8 Å². The van der Waals surface area contributed by atoms with Crippen molar-refractivity contribution in [2.75, 3.05) is 7.11 Å². The van der Waals surface area contributed by atoms with Crippen molar-refractivity contribution in [1.29, 1.82) is 0 Å². The normalized spacial score (nSPS) is 10.3. The van der Waals surface area contributed by atoms with Gasteiger partial charge < -0.3 is 4.74 Å². The van der Waals surface area contributed by atoms with Crippen LogP contribution in [0.2, 0.25) is 0 Å². The maximum Gasteiger partial charge on any atom is 0.142 e. The summed E-state index contributed by atoms with van der Waals surface area (Å²) in [7, 11) is 1.62. The van der Waals surface area contributed by atoms with E-state index in [4.69, 9.17) is 4.74 Å². The number of benzene rings is 1. The third-order valence-corrected chi connectivity index (χ3v) is 3.95. The van der Waals surface area contributed by atoms with Crippen molar-refractivity contribution in [3.8, 4) is 5.75 Å². The molecule has 0 fully saturated rings. The van der Waals surface area contributed by atoms with Crippen LogP contribution in [0.25, 0.3) is 0 Å². The molecule has 0 unspecified atom stereocenters. The molecular weight excluding hydrogens is 312 g/mol. The van der Waals surface area contributed by atoms with Gasteiger partial charge in [0.1, 0.15) is 11.5 Å². The monoisotopic (exact) mass is 324 g/mol. The fraction of sp³-hybridized carbons (Fsp3) is 0.214. The molecule has 0 saturated carbocycles. The molecule has 0 atom stereocenters. The van der Waals surface area contributed by atoms with Crippen LogP contribution >= 0.6 is 27.3 Å². The molecule has 0 aliphatic carbocycles. The van der Waals surface area contributed by atoms with Gasteiger partial charge in [-0.25, -0.2) is 0 Å². The Labute approximate surface area is 119 Å². The van der Waals surface area contributed by atoms with Crippen LogP contribution in [-0.4, -0.2) is 12.9 Å². The number of carbonyl (C=O) groups excluding carboxylic acids is 1. The van der Waals surface area contributed by atoms with Gasteiger partial charge in [-0.05, 0) is 29.6 Å². The summed E-state index contributed by atoms with van der Waals surface area (Å²) >= 11 is 5.02. The number of carbonyl (C=O) groups is 1. The Hall–Kier alpha value is -1.13. The molecule has 1 aromatic heterocycles. The van der Waals surface area contributed by atoms with Crippen molar-refractivity contribution in [1.82, 2.24) is 0 Å². The molecule has 2 rings (SSSR count). The third-order valence-electron chi connectivity index (χ3n) is 2.58. The van der Waals surface area contributed by atoms with E-state index in [0.29, 0.717) is 12.8 Å². The first-order valence-corrected chi connectivity index (χ1v) is 7.23. The predicted molar refractivity (Wildman–Crippen MR) is 77.4 cm³/mol. The van der Waals surface area contributed by atoms with E-state index < -0.39 is 0 Å². The summed E-state index contributed by atoms with van der Waals surface area (Å²) in [5.41, 5.74) is 0.924. The van der Waals surface area contributed by atoms with Crippen molar-refractivity contribution < 1.29 is 9.53 Å². The lowest BCUT2D eigenvalue weighted by atomic mass is 10.1. The highest BCUT2D eigenvalue weighted by atomic mass is 79.9. The molecule has 0 spiro atoms. The van der Waals surface area contributed by atoms with E-state index in [1.165, 1.54) is 0 Å². The molecule has 0 aliphatic heterocycles. The highest BCUT2D eigenvalue weighted by Crippen LogP contribution is 2.24. The Morgan fingerprint density at radius 2 is 2.17 bits per heavy atom. The molecule has 0 saturated heterocycles. The summed E-state index contributed by atoms with van der Waals surface area (Å²) in [6.45, 7) is 0. The summed E-state index contributed by atoms with van der Waals surface area (Å²) < 4.78 is 6.23. The Kier molecular flexibility index (Phi) is 4.55. The van der Waals surface area contributed by atoms with Gasteiger partial charge in [0.15, 0.2) is 0 Å². The molecule has 4 heteroatoms. The second-order valence-electron chi connectivity index (χ2n) is 3.93. The number of methoxy groups -OCH3 is 1. The maximum absolute atomic E-state index is 12.0. The first kappa shape index (κ1) is 13.3. The van der Waals surface area contributed by atoms with Crippen LogP contribution in [0.15, 0.2) is 40.2 Å². The number of hydrogen-bond acceptors (Lipinski definition) is 3. The van der Waals surface area contributed by atoms with E-state index in [2.05, 4.69) is 15.9 Å². The molecule has 2 nitrogen and oxygen atoms in total. The lowest BCUT2D eigenvalue weighted by molar-refractivity contribution is -0.117. The zero-order chi connectivity index (χ0) is 13.0. The molecule has 0 aliphatic rings. The number of halogens is 1. The van der Waals surface area contributed by atoms with E-state index in [1.807, 2.05) is 35.7 Å². The van der Waals surface area contributed by atoms with Crippen LogP contribution in [0.5, 0.6) is 5.75 Å². The smallest absolute Gasteiger partial charge is 0.142 e. The molecule has 0 N–H and O–H groups in total. The molecule has 2 aromatic rings. The van der Waals surface area contributed by atoms with Gasteiger partial charge in [-0.3, -0.25) is 4.79 Å². The number of rotatable bonds is 5. The first-order chi connectivity index (χ1) is 8.69. The van der Waals surface area contributed by atoms with Crippen LogP contribution in [0.4, 0.5) is 0 Å². The Morgan fingerprint density at radius 3 is 2.83 bits per heavy atom. The second-order valence-corrected chi connectivity index (χ2v) is 5.88. The van der Waals surface area contributed by atoms with Gasteiger partial charge in [-0.1, -0.05) is 22.0 Å². The summed E-state index contributed by atoms with van der Waals surface area (Å²) in [4.78, 5) is 13.1. The average Bonchev–Trinajstić information content (AvgIpc) is 2.82. The van der Waals surface area contributed by atoms with Gasteiger partial charge in [0.05, 0.1) is 7.11 Å². The standard InChI is InChI=1S/C14H13BrO2S/c1-17-14-5-4-11(15)7-10(14)8-12(16)9-13-3-2-6-18-13/h2-7H,8-9H2,1H3. The van der Waals surface area contributed by atoms with Crippen molar-refractivity contribution in [3.05, 3.63) is 50.6 Å². The quantitative estimate of drug-likeness (QED) is 0.834. The van der Waals surface area contributed by atoms with Crippen LogP contribution in [0.3, 0.4) is 0 Å². The molecular formula is C14H13BrO2S. The minimum absolute atomic E-state index is 0.203. The van der Waals surface area contributed by atoms with Gasteiger partial charge >= 0.3 is 0 Å². The minimum atomic E-state index is 0.203. The molecule has 1 aromatic carbocycles. The molecule has 0 radical (unpaired) electrons. The lowest BCUT2D eigenvalue weighted by Crippen LogP contribution is -2.06. The second kappa shape index (κ2) is 6.16. The lowest BCUT2D eigenvalue weighted by Gasteiger charge is -2.08. The molecule has 0 amide bonds. The first-order valence-electron chi connectivity index (χ1n) is 5.55. The average molecular weight is 325 g/mol. The van der Waals surface area contributed by atoms with E-state index in [0.717, 1.165) is 20.7 Å². The highest BCUT2D eigenvalue weighted by Gasteiger charge is 2.10. The van der Waals surface area contributed by atoms with Gasteiger partial charge in [0.25, 0.3) is 0 Å². The minimum Gasteiger partial charge on any atom is -0.496 e. The molecule has 94 valence electrons. The van der Waals surface area contributed by atoms with Crippen molar-refractivity contribution in [3.63, 3.8) is 0 Å². The van der Waals surface area contributed by atoms with Gasteiger partial charge in [0.2, 0.25) is 0 Å². The van der Waals surface area contributed by atoms with Gasteiger partial charge in [-0.2, -0.15) is 0 Å². The van der Waals surface area contributed by atoms with Crippen LogP contribution in [0.1, 0.15) is 10.4 Å². The summed E-state index contributed by atoms with van der Waals surface area (Å²) in [5, 5.41) is 1.99. The largest absolute Gasteiger partial charge is 0.496 e. The number of ketones is 1. The van der Waals surface area contributed by atoms with Gasteiger partial charge in [-0.15, -0.1) is 11.3 Å². The van der Waals surface area contributed by atoms with Crippen molar-refractivity contribution in [2.24, 2.45) is 0 Å². The predicted octanol–water partition coefficient (Wildman–Crippen LogP) is 3.87. The molecule has 18 heavy (non-hydrogen) atoms. The van der Waals surface area contributed by atoms with E-state index in [9.17, 15) is 4.79 Å².